The van der Waals surface area contributed by atoms with Crippen LogP contribution in [0.15, 0.2) is 29.2 Å². The molecule has 3 rings (SSSR count). The highest BCUT2D eigenvalue weighted by molar-refractivity contribution is 7.91. The third kappa shape index (κ3) is 2.61. The first-order valence-corrected chi connectivity index (χ1v) is 8.81. The molecule has 0 bridgehead atoms. The van der Waals surface area contributed by atoms with Crippen LogP contribution in [0.1, 0.15) is 38.5 Å². The van der Waals surface area contributed by atoms with Gasteiger partial charge in [-0.15, -0.1) is 0 Å². The zero-order chi connectivity index (χ0) is 14.2. The van der Waals surface area contributed by atoms with Crippen LogP contribution in [0.5, 0.6) is 0 Å². The predicted molar refractivity (Wildman–Crippen MR) is 73.8 cm³/mol. The predicted octanol–water partition coefficient (Wildman–Crippen LogP) is 3.09. The normalized spacial score (nSPS) is 25.4. The average Bonchev–Trinajstić information content (AvgIpc) is 3.00. The van der Waals surface area contributed by atoms with Crippen molar-refractivity contribution in [3.63, 3.8) is 0 Å². The van der Waals surface area contributed by atoms with Crippen LogP contribution in [-0.4, -0.2) is 25.9 Å². The second kappa shape index (κ2) is 5.11. The maximum absolute atomic E-state index is 13.6. The van der Waals surface area contributed by atoms with E-state index in [0.717, 1.165) is 38.5 Å². The first kappa shape index (κ1) is 14.0. The van der Waals surface area contributed by atoms with E-state index in [1.165, 1.54) is 18.2 Å². The molecule has 0 radical (unpaired) electrons. The Labute approximate surface area is 119 Å². The van der Waals surface area contributed by atoms with E-state index in [-0.39, 0.29) is 22.4 Å². The summed E-state index contributed by atoms with van der Waals surface area (Å²) in [5, 5.41) is 0. The van der Waals surface area contributed by atoms with Gasteiger partial charge in [0.2, 0.25) is 0 Å². The van der Waals surface area contributed by atoms with Crippen LogP contribution in [0.2, 0.25) is 0 Å². The Balaban J connectivity index is 1.73. The summed E-state index contributed by atoms with van der Waals surface area (Å²) >= 11 is 0. The molecule has 3 nitrogen and oxygen atoms in total. The lowest BCUT2D eigenvalue weighted by Gasteiger charge is -2.23. The van der Waals surface area contributed by atoms with E-state index in [1.807, 2.05) is 0 Å². The lowest BCUT2D eigenvalue weighted by Crippen LogP contribution is -2.28. The van der Waals surface area contributed by atoms with Crippen LogP contribution in [0.3, 0.4) is 0 Å². The first-order valence-electron chi connectivity index (χ1n) is 7.16. The fourth-order valence-corrected chi connectivity index (χ4v) is 4.99. The molecule has 1 atom stereocenters. The van der Waals surface area contributed by atoms with Crippen molar-refractivity contribution in [1.82, 2.24) is 0 Å². The lowest BCUT2D eigenvalue weighted by atomic mass is 9.98. The van der Waals surface area contributed by atoms with Crippen molar-refractivity contribution in [3.8, 4) is 0 Å². The lowest BCUT2D eigenvalue weighted by molar-refractivity contribution is -0.0273. The van der Waals surface area contributed by atoms with Gasteiger partial charge >= 0.3 is 0 Å². The van der Waals surface area contributed by atoms with E-state index < -0.39 is 15.7 Å². The summed E-state index contributed by atoms with van der Waals surface area (Å²) < 4.78 is 44.2. The molecule has 1 spiro atoms. The van der Waals surface area contributed by atoms with Gasteiger partial charge in [0, 0.05) is 0 Å². The van der Waals surface area contributed by atoms with Gasteiger partial charge in [0.15, 0.2) is 9.84 Å². The number of halogens is 1. The van der Waals surface area contributed by atoms with Crippen molar-refractivity contribution in [2.75, 3.05) is 5.75 Å². The Bertz CT molecular complexity index is 591. The minimum Gasteiger partial charge on any atom is -0.371 e. The van der Waals surface area contributed by atoms with Crippen LogP contribution in [0.4, 0.5) is 4.39 Å². The molecule has 2 fully saturated rings. The number of hydrogen-bond acceptors (Lipinski definition) is 3. The number of rotatable bonds is 3. The standard InChI is InChI=1S/C15H19FO3S/c16-13-5-1-2-6-14(13)20(17,18)11-12-7-10-15(19-12)8-3-4-9-15/h1-2,5-6,12H,3-4,7-11H2. The van der Waals surface area contributed by atoms with Crippen molar-refractivity contribution in [3.05, 3.63) is 30.1 Å². The second-order valence-electron chi connectivity index (χ2n) is 5.88. The zero-order valence-electron chi connectivity index (χ0n) is 11.3. The van der Waals surface area contributed by atoms with Gasteiger partial charge in [0.05, 0.1) is 17.5 Å². The van der Waals surface area contributed by atoms with Gasteiger partial charge in [-0.2, -0.15) is 0 Å². The third-order valence-electron chi connectivity index (χ3n) is 4.43. The molecule has 0 aromatic heterocycles. The summed E-state index contributed by atoms with van der Waals surface area (Å²) in [6.45, 7) is 0. The maximum Gasteiger partial charge on any atom is 0.183 e. The highest BCUT2D eigenvalue weighted by atomic mass is 32.2. The van der Waals surface area contributed by atoms with Crippen molar-refractivity contribution >= 4 is 9.84 Å². The van der Waals surface area contributed by atoms with Gasteiger partial charge in [-0.3, -0.25) is 0 Å². The first-order chi connectivity index (χ1) is 9.51. The van der Waals surface area contributed by atoms with Crippen molar-refractivity contribution < 1.29 is 17.5 Å². The monoisotopic (exact) mass is 298 g/mol. The maximum atomic E-state index is 13.6. The summed E-state index contributed by atoms with van der Waals surface area (Å²) in [7, 11) is -3.62. The Hall–Kier alpha value is -0.940. The van der Waals surface area contributed by atoms with Crippen LogP contribution in [0, 0.1) is 5.82 Å². The summed E-state index contributed by atoms with van der Waals surface area (Å²) in [5.74, 6) is -0.795. The average molecular weight is 298 g/mol. The van der Waals surface area contributed by atoms with Crippen molar-refractivity contribution in [2.45, 2.75) is 55.1 Å². The Morgan fingerprint density at radius 3 is 2.60 bits per heavy atom. The zero-order valence-corrected chi connectivity index (χ0v) is 12.2. The van der Waals surface area contributed by atoms with Gasteiger partial charge in [-0.1, -0.05) is 25.0 Å². The SMILES string of the molecule is O=S(=O)(CC1CCC2(CCCC2)O1)c1ccccc1F. The van der Waals surface area contributed by atoms with Gasteiger partial charge < -0.3 is 4.74 Å². The quantitative estimate of drug-likeness (QED) is 0.861. The Morgan fingerprint density at radius 1 is 1.20 bits per heavy atom. The van der Waals surface area contributed by atoms with Crippen LogP contribution in [0.25, 0.3) is 0 Å². The summed E-state index contributed by atoms with van der Waals surface area (Å²) in [5.41, 5.74) is -0.0879. The summed E-state index contributed by atoms with van der Waals surface area (Å²) in [6.07, 6.45) is 5.78. The van der Waals surface area contributed by atoms with E-state index in [9.17, 15) is 12.8 Å². The second-order valence-corrected chi connectivity index (χ2v) is 7.88. The minimum atomic E-state index is -3.62. The highest BCUT2D eigenvalue weighted by Crippen LogP contribution is 2.43. The highest BCUT2D eigenvalue weighted by Gasteiger charge is 2.43. The topological polar surface area (TPSA) is 43.4 Å². The fraction of sp³-hybridized carbons (Fsp3) is 0.600. The molecule has 2 aliphatic rings. The summed E-state index contributed by atoms with van der Waals surface area (Å²) in [4.78, 5) is -0.212. The van der Waals surface area contributed by atoms with Crippen LogP contribution < -0.4 is 0 Å². The molecule has 1 aromatic carbocycles. The van der Waals surface area contributed by atoms with E-state index in [1.54, 1.807) is 6.07 Å². The van der Waals surface area contributed by atoms with Gasteiger partial charge in [-0.05, 0) is 37.8 Å². The molecule has 1 aliphatic carbocycles. The van der Waals surface area contributed by atoms with Gasteiger partial charge in [0.25, 0.3) is 0 Å². The molecule has 0 N–H and O–H groups in total. The molecule has 1 saturated carbocycles. The van der Waals surface area contributed by atoms with E-state index in [0.29, 0.717) is 0 Å². The van der Waals surface area contributed by atoms with E-state index in [2.05, 4.69) is 0 Å². The van der Waals surface area contributed by atoms with Crippen molar-refractivity contribution in [2.24, 2.45) is 0 Å². The van der Waals surface area contributed by atoms with Gasteiger partial charge in [-0.25, -0.2) is 12.8 Å². The molecule has 0 amide bonds. The molecule has 110 valence electrons. The number of ether oxygens (including phenoxy) is 1. The molecule has 1 heterocycles. The number of sulfone groups is 1. The van der Waals surface area contributed by atoms with Gasteiger partial charge in [0.1, 0.15) is 10.7 Å². The molecular weight excluding hydrogens is 279 g/mol. The third-order valence-corrected chi connectivity index (χ3v) is 6.24. The largest absolute Gasteiger partial charge is 0.371 e. The Morgan fingerprint density at radius 2 is 1.90 bits per heavy atom. The van der Waals surface area contributed by atoms with Crippen LogP contribution >= 0.6 is 0 Å². The molecule has 1 saturated heterocycles. The van der Waals surface area contributed by atoms with Crippen molar-refractivity contribution in [1.29, 1.82) is 0 Å². The molecule has 1 aliphatic heterocycles. The minimum absolute atomic E-state index is 0.0879. The van der Waals surface area contributed by atoms with E-state index >= 15 is 0 Å². The molecular formula is C15H19FO3S. The number of benzene rings is 1. The smallest absolute Gasteiger partial charge is 0.183 e. The van der Waals surface area contributed by atoms with E-state index in [4.69, 9.17) is 4.74 Å². The molecule has 1 aromatic rings. The van der Waals surface area contributed by atoms with Crippen LogP contribution in [-0.2, 0) is 14.6 Å². The Kier molecular flexibility index (Phi) is 3.58. The molecule has 1 unspecified atom stereocenters. The fourth-order valence-electron chi connectivity index (χ4n) is 3.43. The molecule has 5 heteroatoms. The number of hydrogen-bond donors (Lipinski definition) is 0. The summed E-state index contributed by atoms with van der Waals surface area (Å²) in [6, 6.07) is 5.55. The molecule has 20 heavy (non-hydrogen) atoms.